The van der Waals surface area contributed by atoms with Gasteiger partial charge in [-0.25, -0.2) is 4.98 Å². The highest BCUT2D eigenvalue weighted by atomic mass is 16.5. The lowest BCUT2D eigenvalue weighted by molar-refractivity contribution is 0.463. The maximum atomic E-state index is 6.22. The van der Waals surface area contributed by atoms with Gasteiger partial charge in [0.05, 0.1) is 12.4 Å². The molecule has 6 aromatic rings. The maximum absolute atomic E-state index is 6.22. The fourth-order valence-corrected chi connectivity index (χ4v) is 4.79. The van der Waals surface area contributed by atoms with Crippen molar-refractivity contribution in [3.8, 4) is 22.9 Å². The van der Waals surface area contributed by atoms with Crippen LogP contribution in [0.15, 0.2) is 132 Å². The Labute approximate surface area is 214 Å². The molecule has 37 heavy (non-hydrogen) atoms. The second-order valence-corrected chi connectivity index (χ2v) is 8.96. The minimum Gasteiger partial charge on any atom is -0.455 e. The molecule has 1 aliphatic rings. The summed E-state index contributed by atoms with van der Waals surface area (Å²) in [6, 6.07) is 38.5. The van der Waals surface area contributed by atoms with E-state index in [4.69, 9.17) is 14.1 Å². The molecule has 0 amide bonds. The Kier molecular flexibility index (Phi) is 5.10. The van der Waals surface area contributed by atoms with Crippen molar-refractivity contribution < 1.29 is 9.15 Å². The van der Waals surface area contributed by atoms with E-state index in [2.05, 4.69) is 64.7 Å². The summed E-state index contributed by atoms with van der Waals surface area (Å²) in [5.41, 5.74) is 5.66. The second-order valence-electron chi connectivity index (χ2n) is 8.96. The molecule has 0 radical (unpaired) electrons. The summed E-state index contributed by atoms with van der Waals surface area (Å²) < 4.78 is 12.4. The molecule has 4 aromatic carbocycles. The maximum Gasteiger partial charge on any atom is 0.219 e. The molecular formula is C32H23N3O2. The van der Waals surface area contributed by atoms with Gasteiger partial charge in [-0.2, -0.15) is 0 Å². The van der Waals surface area contributed by atoms with Gasteiger partial charge in [0.15, 0.2) is 0 Å². The molecule has 5 heteroatoms. The van der Waals surface area contributed by atoms with Gasteiger partial charge in [-0.15, -0.1) is 0 Å². The number of nitrogens with zero attached hydrogens (tertiary/aromatic N) is 3. The molecule has 1 aliphatic heterocycles. The molecule has 0 saturated heterocycles. The zero-order chi connectivity index (χ0) is 24.6. The number of fused-ring (bicyclic) bond motifs is 3. The number of pyridine rings is 1. The molecule has 7 rings (SSSR count). The molecule has 5 nitrogen and oxygen atoms in total. The first kappa shape index (κ1) is 21.3. The van der Waals surface area contributed by atoms with Crippen LogP contribution in [0.4, 0.5) is 11.4 Å². The molecule has 2 aromatic heterocycles. The number of hydrogen-bond donors (Lipinski definition) is 0. The molecule has 0 saturated carbocycles. The highest BCUT2D eigenvalue weighted by Crippen LogP contribution is 2.36. The Morgan fingerprint density at radius 1 is 0.649 bits per heavy atom. The van der Waals surface area contributed by atoms with Crippen molar-refractivity contribution in [1.29, 1.82) is 0 Å². The topological polar surface area (TPSA) is 41.7 Å². The van der Waals surface area contributed by atoms with E-state index in [9.17, 15) is 0 Å². The van der Waals surface area contributed by atoms with Gasteiger partial charge in [-0.05, 0) is 42.5 Å². The lowest BCUT2D eigenvalue weighted by Gasteiger charge is -2.21. The zero-order valence-electron chi connectivity index (χ0n) is 20.0. The molecule has 0 unspecified atom stereocenters. The average Bonchev–Trinajstić information content (AvgIpc) is 3.60. The van der Waals surface area contributed by atoms with Crippen LogP contribution in [0.25, 0.3) is 33.2 Å². The van der Waals surface area contributed by atoms with E-state index in [1.165, 1.54) is 0 Å². The molecule has 178 valence electrons. The van der Waals surface area contributed by atoms with Gasteiger partial charge in [-0.3, -0.25) is 0 Å². The van der Waals surface area contributed by atoms with E-state index >= 15 is 0 Å². The van der Waals surface area contributed by atoms with Gasteiger partial charge in [0, 0.05) is 52.2 Å². The molecule has 0 N–H and O–H groups in total. The van der Waals surface area contributed by atoms with Crippen LogP contribution in [0.2, 0.25) is 0 Å². The van der Waals surface area contributed by atoms with Crippen LogP contribution in [-0.4, -0.2) is 11.7 Å². The predicted molar refractivity (Wildman–Crippen MR) is 149 cm³/mol. The summed E-state index contributed by atoms with van der Waals surface area (Å²) in [5.74, 6) is 1.27. The summed E-state index contributed by atoms with van der Waals surface area (Å²) in [6.45, 7) is 0.739. The smallest absolute Gasteiger partial charge is 0.219 e. The van der Waals surface area contributed by atoms with Crippen LogP contribution >= 0.6 is 0 Å². The van der Waals surface area contributed by atoms with Crippen LogP contribution in [-0.2, 0) is 0 Å². The van der Waals surface area contributed by atoms with E-state index in [1.54, 1.807) is 0 Å². The predicted octanol–water partition coefficient (Wildman–Crippen LogP) is 8.20. The summed E-state index contributed by atoms with van der Waals surface area (Å²) in [6.07, 6.45) is 4.17. The van der Waals surface area contributed by atoms with Gasteiger partial charge in [0.1, 0.15) is 16.9 Å². The highest BCUT2D eigenvalue weighted by molar-refractivity contribution is 6.09. The fraction of sp³-hybridized carbons (Fsp3) is 0.0312. The fourth-order valence-electron chi connectivity index (χ4n) is 4.79. The van der Waals surface area contributed by atoms with Crippen LogP contribution in [0.5, 0.6) is 11.6 Å². The number of ether oxygens (including phenoxy) is 1. The first-order valence-corrected chi connectivity index (χ1v) is 12.2. The largest absolute Gasteiger partial charge is 0.455 e. The number of aromatic nitrogens is 1. The van der Waals surface area contributed by atoms with E-state index in [-0.39, 0.29) is 0 Å². The number of benzene rings is 4. The third kappa shape index (κ3) is 3.96. The van der Waals surface area contributed by atoms with E-state index in [0.29, 0.717) is 5.88 Å². The van der Waals surface area contributed by atoms with Crippen LogP contribution in [0, 0.1) is 0 Å². The number of para-hydroxylation sites is 3. The molecule has 3 heterocycles. The standard InChI is InChI=1S/C32H23N3O2/c1-2-9-23(10-3-1)34-19-20-35(22-34)24-11-6-12-25(21-24)36-31-18-8-16-29(33-31)28-15-7-14-27-26-13-4-5-17-30(26)37-32(27)28/h1-21H,22H2. The number of rotatable bonds is 5. The Morgan fingerprint density at radius 3 is 2.30 bits per heavy atom. The third-order valence-electron chi connectivity index (χ3n) is 6.59. The summed E-state index contributed by atoms with van der Waals surface area (Å²) in [4.78, 5) is 9.21. The first-order valence-electron chi connectivity index (χ1n) is 12.2. The molecule has 0 atom stereocenters. The van der Waals surface area contributed by atoms with Crippen molar-refractivity contribution in [1.82, 2.24) is 4.98 Å². The van der Waals surface area contributed by atoms with E-state index in [0.717, 1.165) is 57.0 Å². The van der Waals surface area contributed by atoms with Crippen molar-refractivity contribution in [2.24, 2.45) is 0 Å². The van der Waals surface area contributed by atoms with Crippen LogP contribution < -0.4 is 14.5 Å². The van der Waals surface area contributed by atoms with E-state index < -0.39 is 0 Å². The van der Waals surface area contributed by atoms with Crippen LogP contribution in [0.1, 0.15) is 0 Å². The summed E-state index contributed by atoms with van der Waals surface area (Å²) in [5, 5.41) is 2.18. The van der Waals surface area contributed by atoms with Gasteiger partial charge >= 0.3 is 0 Å². The van der Waals surface area contributed by atoms with Gasteiger partial charge in [0.2, 0.25) is 5.88 Å². The minimum absolute atomic E-state index is 0.533. The normalized spacial score (nSPS) is 13.1. The lowest BCUT2D eigenvalue weighted by Crippen LogP contribution is -2.24. The lowest BCUT2D eigenvalue weighted by atomic mass is 10.1. The average molecular weight is 482 g/mol. The van der Waals surface area contributed by atoms with Crippen molar-refractivity contribution in [2.45, 2.75) is 0 Å². The number of anilines is 2. The number of hydrogen-bond acceptors (Lipinski definition) is 5. The van der Waals surface area contributed by atoms with Crippen molar-refractivity contribution in [2.75, 3.05) is 16.5 Å². The Hall–Kier alpha value is -5.03. The Balaban J connectivity index is 1.15. The minimum atomic E-state index is 0.533. The summed E-state index contributed by atoms with van der Waals surface area (Å²) >= 11 is 0. The van der Waals surface area contributed by atoms with Gasteiger partial charge in [0.25, 0.3) is 0 Å². The number of furan rings is 1. The summed E-state index contributed by atoms with van der Waals surface area (Å²) in [7, 11) is 0. The molecule has 0 spiro atoms. The van der Waals surface area contributed by atoms with Crippen molar-refractivity contribution in [3.05, 3.63) is 128 Å². The molecule has 0 bridgehead atoms. The molecule has 0 fully saturated rings. The third-order valence-corrected chi connectivity index (χ3v) is 6.59. The van der Waals surface area contributed by atoms with Crippen molar-refractivity contribution in [3.63, 3.8) is 0 Å². The molecular weight excluding hydrogens is 458 g/mol. The van der Waals surface area contributed by atoms with Crippen molar-refractivity contribution >= 4 is 33.3 Å². The Bertz CT molecular complexity index is 1760. The monoisotopic (exact) mass is 481 g/mol. The Morgan fingerprint density at radius 2 is 1.38 bits per heavy atom. The van der Waals surface area contributed by atoms with E-state index in [1.807, 2.05) is 72.8 Å². The molecule has 0 aliphatic carbocycles. The SMILES string of the molecule is C1=CN(c2cccc(Oc3cccc(-c4cccc5c4oc4ccccc45)n3)c2)CN1c1ccccc1. The van der Waals surface area contributed by atoms with Gasteiger partial charge < -0.3 is 19.0 Å². The zero-order valence-corrected chi connectivity index (χ0v) is 20.0. The van der Waals surface area contributed by atoms with Crippen LogP contribution in [0.3, 0.4) is 0 Å². The second kappa shape index (κ2) is 8.88. The van der Waals surface area contributed by atoms with Gasteiger partial charge in [-0.1, -0.05) is 60.7 Å². The highest BCUT2D eigenvalue weighted by Gasteiger charge is 2.16. The quantitative estimate of drug-likeness (QED) is 0.248. The first-order chi connectivity index (χ1) is 18.3.